The molecule has 0 spiro atoms. The normalized spacial score (nSPS) is 14.8. The third-order valence-corrected chi connectivity index (χ3v) is 3.93. The number of pyridine rings is 1. The second kappa shape index (κ2) is 5.18. The van der Waals surface area contributed by atoms with E-state index < -0.39 is 0 Å². The third-order valence-electron chi connectivity index (χ3n) is 3.01. The van der Waals surface area contributed by atoms with Gasteiger partial charge in [0.15, 0.2) is 5.16 Å². The summed E-state index contributed by atoms with van der Waals surface area (Å²) in [6.07, 6.45) is 4.75. The summed E-state index contributed by atoms with van der Waals surface area (Å²) in [4.78, 5) is 16.0. The van der Waals surface area contributed by atoms with Gasteiger partial charge in [-0.1, -0.05) is 6.07 Å². The lowest BCUT2D eigenvalue weighted by atomic mass is 10.2. The summed E-state index contributed by atoms with van der Waals surface area (Å²) >= 11 is 1.41. The summed E-state index contributed by atoms with van der Waals surface area (Å²) in [6.45, 7) is 0.620. The zero-order chi connectivity index (χ0) is 13.2. The zero-order valence-corrected chi connectivity index (χ0v) is 11.2. The second-order valence-electron chi connectivity index (χ2n) is 4.56. The average molecular weight is 277 g/mol. The van der Waals surface area contributed by atoms with Crippen LogP contribution in [0.15, 0.2) is 33.3 Å². The summed E-state index contributed by atoms with van der Waals surface area (Å²) in [5.74, 6) is 0. The molecule has 7 heteroatoms. The molecule has 2 heterocycles. The molecule has 100 valence electrons. The molecule has 0 atom stereocenters. The second-order valence-corrected chi connectivity index (χ2v) is 5.55. The van der Waals surface area contributed by atoms with E-state index in [2.05, 4.69) is 15.2 Å². The van der Waals surface area contributed by atoms with Crippen molar-refractivity contribution in [2.45, 2.75) is 35.5 Å². The number of nitrogens with zero attached hydrogens (tertiary/aromatic N) is 3. The van der Waals surface area contributed by atoms with Crippen LogP contribution in [0.1, 0.15) is 24.4 Å². The van der Waals surface area contributed by atoms with Crippen LogP contribution in [0.2, 0.25) is 0 Å². The van der Waals surface area contributed by atoms with Crippen molar-refractivity contribution < 1.29 is 0 Å². The van der Waals surface area contributed by atoms with Crippen molar-refractivity contribution in [1.82, 2.24) is 19.7 Å². The highest BCUT2D eigenvalue weighted by Crippen LogP contribution is 2.37. The highest BCUT2D eigenvalue weighted by atomic mass is 32.2. The van der Waals surface area contributed by atoms with Crippen molar-refractivity contribution in [2.24, 2.45) is 5.73 Å². The van der Waals surface area contributed by atoms with Crippen LogP contribution in [-0.4, -0.2) is 26.3 Å². The summed E-state index contributed by atoms with van der Waals surface area (Å²) in [5, 5.41) is 8.08. The third kappa shape index (κ3) is 2.71. The lowest BCUT2D eigenvalue weighted by Crippen LogP contribution is -2.16. The fourth-order valence-corrected chi connectivity index (χ4v) is 2.75. The molecule has 6 nitrogen and oxygen atoms in total. The van der Waals surface area contributed by atoms with Crippen LogP contribution in [0.4, 0.5) is 0 Å². The van der Waals surface area contributed by atoms with Crippen LogP contribution < -0.4 is 11.4 Å². The summed E-state index contributed by atoms with van der Waals surface area (Å²) in [5.41, 5.74) is 6.48. The molecule has 0 amide bonds. The number of aromatic amines is 1. The summed E-state index contributed by atoms with van der Waals surface area (Å²) < 4.78 is 1.72. The van der Waals surface area contributed by atoms with Crippen LogP contribution in [0.3, 0.4) is 0 Å². The Balaban J connectivity index is 1.79. The van der Waals surface area contributed by atoms with Crippen molar-refractivity contribution in [1.29, 1.82) is 0 Å². The van der Waals surface area contributed by atoms with E-state index in [9.17, 15) is 4.79 Å². The predicted octanol–water partition coefficient (Wildman–Crippen LogP) is 0.954. The molecule has 0 aliphatic heterocycles. The van der Waals surface area contributed by atoms with Gasteiger partial charge in [-0.05, 0) is 49.2 Å². The van der Waals surface area contributed by atoms with Crippen LogP contribution in [0, 0.1) is 0 Å². The van der Waals surface area contributed by atoms with E-state index in [1.54, 1.807) is 4.57 Å². The molecule has 1 aliphatic rings. The lowest BCUT2D eigenvalue weighted by molar-refractivity contribution is 0.642. The first-order valence-corrected chi connectivity index (χ1v) is 7.09. The Kier molecular flexibility index (Phi) is 3.39. The standard InChI is InChI=1S/C12H15N5OS/c13-6-5-8-1-4-10(14-7-8)19-12-16-15-11(18)17(12)9-2-3-9/h1,4,7,9H,2-3,5-6,13H2,(H,15,18). The van der Waals surface area contributed by atoms with Crippen LogP contribution in [0.25, 0.3) is 0 Å². The van der Waals surface area contributed by atoms with Crippen LogP contribution in [0.5, 0.6) is 0 Å². The van der Waals surface area contributed by atoms with E-state index >= 15 is 0 Å². The SMILES string of the molecule is NCCc1ccc(Sc2n[nH]c(=O)n2C2CC2)nc1. The van der Waals surface area contributed by atoms with E-state index in [0.29, 0.717) is 17.7 Å². The average Bonchev–Trinajstić information content (AvgIpc) is 3.18. The summed E-state index contributed by atoms with van der Waals surface area (Å²) in [7, 11) is 0. The molecule has 0 bridgehead atoms. The number of nitrogens with two attached hydrogens (primary N) is 1. The first-order valence-electron chi connectivity index (χ1n) is 6.27. The fraction of sp³-hybridized carbons (Fsp3) is 0.417. The fourth-order valence-electron chi connectivity index (χ4n) is 1.90. The van der Waals surface area contributed by atoms with Gasteiger partial charge in [-0.3, -0.25) is 4.57 Å². The Bertz CT molecular complexity index is 614. The van der Waals surface area contributed by atoms with E-state index in [1.807, 2.05) is 18.3 Å². The molecular formula is C12H15N5OS. The highest BCUT2D eigenvalue weighted by Gasteiger charge is 2.28. The Morgan fingerprint density at radius 2 is 2.32 bits per heavy atom. The molecule has 2 aromatic rings. The van der Waals surface area contributed by atoms with Gasteiger partial charge in [-0.15, -0.1) is 5.10 Å². The van der Waals surface area contributed by atoms with Gasteiger partial charge in [0.05, 0.1) is 0 Å². The molecule has 1 fully saturated rings. The minimum absolute atomic E-state index is 0.134. The van der Waals surface area contributed by atoms with Crippen molar-refractivity contribution in [2.75, 3.05) is 6.54 Å². The number of nitrogens with one attached hydrogen (secondary N) is 1. The minimum Gasteiger partial charge on any atom is -0.330 e. The maximum Gasteiger partial charge on any atom is 0.344 e. The van der Waals surface area contributed by atoms with Crippen LogP contribution >= 0.6 is 11.8 Å². The van der Waals surface area contributed by atoms with E-state index in [1.165, 1.54) is 11.8 Å². The lowest BCUT2D eigenvalue weighted by Gasteiger charge is -2.03. The number of rotatable bonds is 5. The Morgan fingerprint density at radius 1 is 1.47 bits per heavy atom. The van der Waals surface area contributed by atoms with Gasteiger partial charge in [0.2, 0.25) is 0 Å². The maximum absolute atomic E-state index is 11.6. The first-order chi connectivity index (χ1) is 9.28. The molecule has 0 aromatic carbocycles. The molecule has 0 unspecified atom stereocenters. The molecule has 1 saturated carbocycles. The van der Waals surface area contributed by atoms with Gasteiger partial charge in [0.25, 0.3) is 0 Å². The topological polar surface area (TPSA) is 89.6 Å². The van der Waals surface area contributed by atoms with Crippen molar-refractivity contribution in [3.8, 4) is 0 Å². The smallest absolute Gasteiger partial charge is 0.330 e. The van der Waals surface area contributed by atoms with Crippen molar-refractivity contribution in [3.63, 3.8) is 0 Å². The van der Waals surface area contributed by atoms with E-state index in [-0.39, 0.29) is 5.69 Å². The first kappa shape index (κ1) is 12.4. The van der Waals surface area contributed by atoms with Crippen LogP contribution in [-0.2, 0) is 6.42 Å². The monoisotopic (exact) mass is 277 g/mol. The van der Waals surface area contributed by atoms with Gasteiger partial charge < -0.3 is 5.73 Å². The quantitative estimate of drug-likeness (QED) is 0.849. The number of hydrogen-bond donors (Lipinski definition) is 2. The predicted molar refractivity (Wildman–Crippen MR) is 72.2 cm³/mol. The zero-order valence-electron chi connectivity index (χ0n) is 10.4. The Hall–Kier alpha value is -1.60. The van der Waals surface area contributed by atoms with Gasteiger partial charge >= 0.3 is 5.69 Å². The molecule has 3 N–H and O–H groups in total. The molecular weight excluding hydrogens is 262 g/mol. The van der Waals surface area contributed by atoms with Gasteiger partial charge in [-0.2, -0.15) is 0 Å². The molecule has 0 saturated heterocycles. The maximum atomic E-state index is 11.6. The van der Waals surface area contributed by atoms with Gasteiger partial charge in [-0.25, -0.2) is 14.9 Å². The number of hydrogen-bond acceptors (Lipinski definition) is 5. The Morgan fingerprint density at radius 3 is 2.95 bits per heavy atom. The van der Waals surface area contributed by atoms with Gasteiger partial charge in [0, 0.05) is 12.2 Å². The number of aromatic nitrogens is 4. The molecule has 3 rings (SSSR count). The molecule has 0 radical (unpaired) electrons. The van der Waals surface area contributed by atoms with E-state index in [4.69, 9.17) is 5.73 Å². The van der Waals surface area contributed by atoms with E-state index in [0.717, 1.165) is 29.9 Å². The molecule has 19 heavy (non-hydrogen) atoms. The summed E-state index contributed by atoms with van der Waals surface area (Å²) in [6, 6.07) is 4.26. The molecule has 2 aromatic heterocycles. The van der Waals surface area contributed by atoms with Gasteiger partial charge in [0.1, 0.15) is 5.03 Å². The Labute approximate surface area is 114 Å². The number of H-pyrrole nitrogens is 1. The minimum atomic E-state index is -0.134. The van der Waals surface area contributed by atoms with Crippen molar-refractivity contribution in [3.05, 3.63) is 34.4 Å². The highest BCUT2D eigenvalue weighted by molar-refractivity contribution is 7.99. The van der Waals surface area contributed by atoms with Crippen molar-refractivity contribution >= 4 is 11.8 Å². The largest absolute Gasteiger partial charge is 0.344 e. The molecule has 1 aliphatic carbocycles.